The Kier molecular flexibility index (Phi) is 7.38. The standard InChI is InChI=1S/C12H17IO2/c1-4-12(3,9-10-13)8-6-7-11(14)15-5-2/h4,6-7,9-10H,1,5,8H2,2-3H3/b7-6+,10-9+/t12-/m1/s1. The summed E-state index contributed by atoms with van der Waals surface area (Å²) in [4.78, 5) is 11.0. The molecule has 0 bridgehead atoms. The van der Waals surface area contributed by atoms with Crippen LogP contribution in [0.4, 0.5) is 0 Å². The van der Waals surface area contributed by atoms with Crippen LogP contribution < -0.4 is 0 Å². The summed E-state index contributed by atoms with van der Waals surface area (Å²) in [6.45, 7) is 8.04. The third kappa shape index (κ3) is 6.49. The van der Waals surface area contributed by atoms with E-state index in [-0.39, 0.29) is 11.4 Å². The van der Waals surface area contributed by atoms with Gasteiger partial charge in [0.25, 0.3) is 0 Å². The molecule has 0 aliphatic carbocycles. The Balaban J connectivity index is 4.22. The van der Waals surface area contributed by atoms with Crippen molar-refractivity contribution in [1.29, 1.82) is 0 Å². The molecule has 0 saturated carbocycles. The van der Waals surface area contributed by atoms with Gasteiger partial charge in [-0.1, -0.05) is 47.7 Å². The first kappa shape index (κ1) is 14.4. The summed E-state index contributed by atoms with van der Waals surface area (Å²) in [6.07, 6.45) is 7.95. The third-order valence-electron chi connectivity index (χ3n) is 2.01. The molecule has 0 aliphatic heterocycles. The Hall–Kier alpha value is -0.580. The van der Waals surface area contributed by atoms with E-state index in [9.17, 15) is 4.79 Å². The Bertz CT molecular complexity index is 269. The maximum atomic E-state index is 11.0. The van der Waals surface area contributed by atoms with Crippen molar-refractivity contribution in [3.8, 4) is 0 Å². The minimum Gasteiger partial charge on any atom is -0.463 e. The number of rotatable bonds is 6. The van der Waals surface area contributed by atoms with Crippen LogP contribution in [0.2, 0.25) is 0 Å². The van der Waals surface area contributed by atoms with Gasteiger partial charge in [-0.25, -0.2) is 4.79 Å². The average molecular weight is 320 g/mol. The lowest BCUT2D eigenvalue weighted by Crippen LogP contribution is -2.07. The first-order valence-corrected chi connectivity index (χ1v) is 6.07. The first-order chi connectivity index (χ1) is 7.08. The number of halogens is 1. The van der Waals surface area contributed by atoms with Crippen molar-refractivity contribution >= 4 is 28.6 Å². The van der Waals surface area contributed by atoms with Crippen LogP contribution in [0.1, 0.15) is 20.3 Å². The van der Waals surface area contributed by atoms with Crippen LogP contribution in [0, 0.1) is 5.41 Å². The van der Waals surface area contributed by atoms with Gasteiger partial charge in [-0.2, -0.15) is 0 Å². The number of carbonyl (C=O) groups excluding carboxylic acids is 1. The molecule has 3 heteroatoms. The van der Waals surface area contributed by atoms with E-state index in [1.54, 1.807) is 6.92 Å². The van der Waals surface area contributed by atoms with Gasteiger partial charge in [0.05, 0.1) is 6.61 Å². The number of carbonyl (C=O) groups is 1. The SMILES string of the molecule is C=C[C@@](C)(/C=C/I)C/C=C/C(=O)OCC. The maximum absolute atomic E-state index is 11.0. The van der Waals surface area contributed by atoms with Gasteiger partial charge in [0.1, 0.15) is 0 Å². The van der Waals surface area contributed by atoms with Crippen molar-refractivity contribution in [3.05, 3.63) is 35.0 Å². The summed E-state index contributed by atoms with van der Waals surface area (Å²) in [5, 5.41) is 0. The van der Waals surface area contributed by atoms with Crippen LogP contribution in [0.25, 0.3) is 0 Å². The van der Waals surface area contributed by atoms with Crippen LogP contribution in [0.15, 0.2) is 35.0 Å². The molecule has 0 aromatic rings. The van der Waals surface area contributed by atoms with Crippen molar-refractivity contribution in [2.45, 2.75) is 20.3 Å². The van der Waals surface area contributed by atoms with E-state index in [1.165, 1.54) is 6.08 Å². The molecule has 0 fully saturated rings. The van der Waals surface area contributed by atoms with E-state index in [1.807, 2.05) is 16.2 Å². The molecule has 2 nitrogen and oxygen atoms in total. The van der Waals surface area contributed by atoms with Gasteiger partial charge in [-0.3, -0.25) is 0 Å². The highest BCUT2D eigenvalue weighted by atomic mass is 127. The van der Waals surface area contributed by atoms with E-state index in [0.29, 0.717) is 6.61 Å². The quantitative estimate of drug-likeness (QED) is 0.323. The van der Waals surface area contributed by atoms with Gasteiger partial charge in [0.2, 0.25) is 0 Å². The molecule has 0 aromatic heterocycles. The monoisotopic (exact) mass is 320 g/mol. The number of allylic oxidation sites excluding steroid dienone is 3. The number of hydrogen-bond donors (Lipinski definition) is 0. The Labute approximate surface area is 105 Å². The summed E-state index contributed by atoms with van der Waals surface area (Å²) in [7, 11) is 0. The largest absolute Gasteiger partial charge is 0.463 e. The highest BCUT2D eigenvalue weighted by Crippen LogP contribution is 2.25. The topological polar surface area (TPSA) is 26.3 Å². The number of esters is 1. The van der Waals surface area contributed by atoms with E-state index in [0.717, 1.165) is 6.42 Å². The van der Waals surface area contributed by atoms with Gasteiger partial charge in [0.15, 0.2) is 0 Å². The zero-order valence-electron chi connectivity index (χ0n) is 9.20. The maximum Gasteiger partial charge on any atom is 0.330 e. The normalized spacial score (nSPS) is 15.4. The lowest BCUT2D eigenvalue weighted by molar-refractivity contribution is -0.137. The van der Waals surface area contributed by atoms with E-state index in [2.05, 4.69) is 42.2 Å². The molecule has 0 radical (unpaired) electrons. The molecule has 15 heavy (non-hydrogen) atoms. The molecule has 0 heterocycles. The molecule has 1 atom stereocenters. The van der Waals surface area contributed by atoms with Crippen molar-refractivity contribution in [2.24, 2.45) is 5.41 Å². The Morgan fingerprint density at radius 2 is 2.27 bits per heavy atom. The van der Waals surface area contributed by atoms with E-state index < -0.39 is 0 Å². The smallest absolute Gasteiger partial charge is 0.330 e. The number of ether oxygens (including phenoxy) is 1. The predicted octanol–water partition coefficient (Wildman–Crippen LogP) is 3.64. The second-order valence-electron chi connectivity index (χ2n) is 3.36. The zero-order valence-corrected chi connectivity index (χ0v) is 11.4. The second kappa shape index (κ2) is 7.68. The lowest BCUT2D eigenvalue weighted by Gasteiger charge is -2.18. The van der Waals surface area contributed by atoms with Gasteiger partial charge < -0.3 is 4.74 Å². The Morgan fingerprint density at radius 1 is 1.60 bits per heavy atom. The van der Waals surface area contributed by atoms with Crippen LogP contribution in [-0.4, -0.2) is 12.6 Å². The van der Waals surface area contributed by atoms with E-state index in [4.69, 9.17) is 4.74 Å². The molecule has 84 valence electrons. The summed E-state index contributed by atoms with van der Waals surface area (Å²) in [5.74, 6) is -0.289. The summed E-state index contributed by atoms with van der Waals surface area (Å²) >= 11 is 2.17. The molecule has 0 aromatic carbocycles. The van der Waals surface area contributed by atoms with Gasteiger partial charge in [-0.05, 0) is 17.4 Å². The average Bonchev–Trinajstić information content (AvgIpc) is 2.18. The first-order valence-electron chi connectivity index (χ1n) is 4.82. The van der Waals surface area contributed by atoms with Crippen molar-refractivity contribution < 1.29 is 9.53 Å². The minimum atomic E-state index is -0.289. The highest BCUT2D eigenvalue weighted by molar-refractivity contribution is 14.1. The Morgan fingerprint density at radius 3 is 2.73 bits per heavy atom. The summed E-state index contributed by atoms with van der Waals surface area (Å²) < 4.78 is 6.74. The molecule has 0 amide bonds. The van der Waals surface area contributed by atoms with Crippen molar-refractivity contribution in [3.63, 3.8) is 0 Å². The molecule has 0 spiro atoms. The molecule has 0 rings (SSSR count). The third-order valence-corrected chi connectivity index (χ3v) is 2.37. The van der Waals surface area contributed by atoms with Crippen LogP contribution >= 0.6 is 22.6 Å². The minimum absolute atomic E-state index is 0.0931. The fraction of sp³-hybridized carbons (Fsp3) is 0.417. The predicted molar refractivity (Wildman–Crippen MR) is 71.9 cm³/mol. The molecule has 0 unspecified atom stereocenters. The van der Waals surface area contributed by atoms with E-state index >= 15 is 0 Å². The fourth-order valence-corrected chi connectivity index (χ4v) is 1.78. The second-order valence-corrected chi connectivity index (χ2v) is 4.08. The molecular formula is C12H17IO2. The lowest BCUT2D eigenvalue weighted by atomic mass is 9.87. The summed E-state index contributed by atoms with van der Waals surface area (Å²) in [5.41, 5.74) is -0.0931. The van der Waals surface area contributed by atoms with Gasteiger partial charge in [-0.15, -0.1) is 6.58 Å². The summed E-state index contributed by atoms with van der Waals surface area (Å²) in [6, 6.07) is 0. The number of hydrogen-bond acceptors (Lipinski definition) is 2. The fourth-order valence-electron chi connectivity index (χ4n) is 0.963. The van der Waals surface area contributed by atoms with Crippen LogP contribution in [0.3, 0.4) is 0 Å². The van der Waals surface area contributed by atoms with Gasteiger partial charge in [0, 0.05) is 11.5 Å². The van der Waals surface area contributed by atoms with Crippen LogP contribution in [-0.2, 0) is 9.53 Å². The zero-order chi connectivity index (χ0) is 11.7. The molecule has 0 saturated heterocycles. The van der Waals surface area contributed by atoms with Gasteiger partial charge >= 0.3 is 5.97 Å². The van der Waals surface area contributed by atoms with Crippen LogP contribution in [0.5, 0.6) is 0 Å². The molecular weight excluding hydrogens is 303 g/mol. The molecule has 0 aliphatic rings. The molecule has 0 N–H and O–H groups in total. The van der Waals surface area contributed by atoms with Crippen molar-refractivity contribution in [1.82, 2.24) is 0 Å². The highest BCUT2D eigenvalue weighted by Gasteiger charge is 2.13. The van der Waals surface area contributed by atoms with Crippen molar-refractivity contribution in [2.75, 3.05) is 6.61 Å².